The molecule has 2 aromatic carbocycles. The number of benzene rings is 2. The van der Waals surface area contributed by atoms with Gasteiger partial charge in [0.1, 0.15) is 18.3 Å². The molecular weight excluding hydrogens is 488 g/mol. The van der Waals surface area contributed by atoms with Crippen LogP contribution in [0.4, 0.5) is 0 Å². The molecule has 0 aromatic heterocycles. The zero-order valence-electron chi connectivity index (χ0n) is 20.6. The van der Waals surface area contributed by atoms with Gasteiger partial charge in [0.05, 0.1) is 33.5 Å². The number of aliphatic hydroxyl groups excluding tert-OH is 5. The van der Waals surface area contributed by atoms with Gasteiger partial charge < -0.3 is 54.3 Å². The van der Waals surface area contributed by atoms with Crippen LogP contribution in [0.15, 0.2) is 36.4 Å². The van der Waals surface area contributed by atoms with Crippen LogP contribution in [0.2, 0.25) is 0 Å². The number of aliphatic hydroxyl groups is 5. The van der Waals surface area contributed by atoms with Crippen LogP contribution in [0.25, 0.3) is 0 Å². The van der Waals surface area contributed by atoms with Gasteiger partial charge in [-0.2, -0.15) is 0 Å². The third-order valence-corrected chi connectivity index (χ3v) is 7.06. The second kappa shape index (κ2) is 11.8. The summed E-state index contributed by atoms with van der Waals surface area (Å²) in [5, 5.41) is 59.8. The minimum absolute atomic E-state index is 0.0129. The van der Waals surface area contributed by atoms with E-state index >= 15 is 0 Å². The van der Waals surface area contributed by atoms with Crippen LogP contribution in [0.3, 0.4) is 0 Å². The minimum atomic E-state index is -1.65. The molecule has 0 amide bonds. The molecular formula is C26H34O11. The summed E-state index contributed by atoms with van der Waals surface area (Å²) < 4.78 is 27.8. The summed E-state index contributed by atoms with van der Waals surface area (Å²) in [6.45, 7) is -0.229. The van der Waals surface area contributed by atoms with E-state index in [4.69, 9.17) is 23.7 Å². The average molecular weight is 523 g/mol. The largest absolute Gasteiger partial charge is 0.504 e. The predicted molar refractivity (Wildman–Crippen MR) is 129 cm³/mol. The summed E-state index contributed by atoms with van der Waals surface area (Å²) in [4.78, 5) is 0. The topological polar surface area (TPSA) is 168 Å². The molecule has 8 atom stereocenters. The first kappa shape index (κ1) is 27.4. The van der Waals surface area contributed by atoms with Crippen molar-refractivity contribution in [3.05, 3.63) is 47.5 Å². The Balaban J connectivity index is 1.51. The van der Waals surface area contributed by atoms with Gasteiger partial charge in [0.15, 0.2) is 35.4 Å². The number of methoxy groups -OCH3 is 2. The fourth-order valence-electron chi connectivity index (χ4n) is 4.99. The van der Waals surface area contributed by atoms with Gasteiger partial charge in [-0.3, -0.25) is 0 Å². The number of hydrogen-bond acceptors (Lipinski definition) is 11. The first-order valence-electron chi connectivity index (χ1n) is 12.0. The molecule has 2 saturated heterocycles. The average Bonchev–Trinajstić information content (AvgIpc) is 3.32. The zero-order chi connectivity index (χ0) is 26.7. The molecule has 6 N–H and O–H groups in total. The molecule has 2 aromatic rings. The molecule has 0 radical (unpaired) electrons. The smallest absolute Gasteiger partial charge is 0.184 e. The van der Waals surface area contributed by atoms with Gasteiger partial charge in [-0.15, -0.1) is 0 Å². The lowest BCUT2D eigenvalue weighted by Gasteiger charge is -2.40. The molecule has 0 spiro atoms. The molecule has 2 aliphatic heterocycles. The number of rotatable bonds is 9. The second-order valence-electron chi connectivity index (χ2n) is 9.29. The van der Waals surface area contributed by atoms with Crippen LogP contribution < -0.4 is 14.2 Å². The molecule has 2 heterocycles. The van der Waals surface area contributed by atoms with Crippen molar-refractivity contribution in [2.24, 2.45) is 11.8 Å². The highest BCUT2D eigenvalue weighted by atomic mass is 16.7. The van der Waals surface area contributed by atoms with E-state index in [1.54, 1.807) is 30.3 Å². The van der Waals surface area contributed by atoms with E-state index in [9.17, 15) is 30.6 Å². The van der Waals surface area contributed by atoms with Gasteiger partial charge in [0.2, 0.25) is 0 Å². The van der Waals surface area contributed by atoms with Crippen molar-refractivity contribution in [2.75, 3.05) is 34.0 Å². The van der Waals surface area contributed by atoms with Crippen molar-refractivity contribution in [1.29, 1.82) is 0 Å². The van der Waals surface area contributed by atoms with Crippen molar-refractivity contribution in [3.63, 3.8) is 0 Å². The van der Waals surface area contributed by atoms with Gasteiger partial charge in [0, 0.05) is 12.5 Å². The Labute approximate surface area is 214 Å². The maximum absolute atomic E-state index is 10.4. The highest BCUT2D eigenvalue weighted by Crippen LogP contribution is 2.43. The van der Waals surface area contributed by atoms with E-state index in [2.05, 4.69) is 0 Å². The van der Waals surface area contributed by atoms with Gasteiger partial charge in [-0.25, -0.2) is 0 Å². The van der Waals surface area contributed by atoms with E-state index in [1.807, 2.05) is 6.07 Å². The fourth-order valence-corrected chi connectivity index (χ4v) is 4.99. The van der Waals surface area contributed by atoms with Gasteiger partial charge in [0.25, 0.3) is 0 Å². The Hall–Kier alpha value is -2.64. The van der Waals surface area contributed by atoms with Crippen LogP contribution in [0.1, 0.15) is 17.2 Å². The summed E-state index contributed by atoms with van der Waals surface area (Å²) in [5.41, 5.74) is 1.70. The Bertz CT molecular complexity index is 1050. The second-order valence-corrected chi connectivity index (χ2v) is 9.29. The Morgan fingerprint density at radius 2 is 1.65 bits per heavy atom. The SMILES string of the molecule is COc1cc(C[C@@H]2CO[C@@H](c3ccc(O[C@H]4[C@H](O)[C@@H](O)[C@H](O)O[C@@H]4CO)c(OC)c3)[C@@H]2CO)ccc1O. The zero-order valence-corrected chi connectivity index (χ0v) is 20.6. The number of hydrogen-bond donors (Lipinski definition) is 6. The maximum Gasteiger partial charge on any atom is 0.184 e. The summed E-state index contributed by atoms with van der Waals surface area (Å²) in [6.07, 6.45) is -6.81. The molecule has 0 bridgehead atoms. The van der Waals surface area contributed by atoms with Crippen LogP contribution >= 0.6 is 0 Å². The van der Waals surface area contributed by atoms with Crippen LogP contribution in [-0.4, -0.2) is 95.4 Å². The van der Waals surface area contributed by atoms with Crippen molar-refractivity contribution < 1.29 is 54.3 Å². The van der Waals surface area contributed by atoms with E-state index < -0.39 is 43.4 Å². The van der Waals surface area contributed by atoms with Crippen molar-refractivity contribution in [3.8, 4) is 23.0 Å². The van der Waals surface area contributed by atoms with E-state index in [0.29, 0.717) is 24.5 Å². The van der Waals surface area contributed by atoms with Gasteiger partial charge in [-0.1, -0.05) is 12.1 Å². The molecule has 2 fully saturated rings. The van der Waals surface area contributed by atoms with Crippen molar-refractivity contribution >= 4 is 0 Å². The molecule has 204 valence electrons. The number of aromatic hydroxyl groups is 1. The molecule has 2 aliphatic rings. The lowest BCUT2D eigenvalue weighted by molar-refractivity contribution is -0.282. The Morgan fingerprint density at radius 3 is 2.32 bits per heavy atom. The Morgan fingerprint density at radius 1 is 0.892 bits per heavy atom. The lowest BCUT2D eigenvalue weighted by atomic mass is 9.84. The third-order valence-electron chi connectivity index (χ3n) is 7.06. The number of phenols is 1. The molecule has 0 unspecified atom stereocenters. The lowest BCUT2D eigenvalue weighted by Crippen LogP contribution is -2.60. The highest BCUT2D eigenvalue weighted by Gasteiger charge is 2.45. The van der Waals surface area contributed by atoms with Crippen molar-refractivity contribution in [2.45, 2.75) is 43.2 Å². The summed E-state index contributed by atoms with van der Waals surface area (Å²) in [6, 6.07) is 10.2. The molecule has 4 rings (SSSR count). The standard InChI is InChI=1S/C26H34O11/c1-33-19-8-13(3-5-17(19)29)7-15-12-35-24(16(15)10-27)14-4-6-18(20(9-14)34-2)36-25-21(11-28)37-26(32)23(31)22(25)30/h3-6,8-9,15-16,21-32H,7,10-12H2,1-2H3/t15-,16-,21-,22-,23-,24+,25-,26-/m1/s1. The molecule has 0 saturated carbocycles. The van der Waals surface area contributed by atoms with E-state index in [1.165, 1.54) is 14.2 Å². The van der Waals surface area contributed by atoms with Crippen LogP contribution in [-0.2, 0) is 15.9 Å². The van der Waals surface area contributed by atoms with Gasteiger partial charge in [-0.05, 0) is 47.7 Å². The van der Waals surface area contributed by atoms with Crippen LogP contribution in [0.5, 0.6) is 23.0 Å². The van der Waals surface area contributed by atoms with Gasteiger partial charge >= 0.3 is 0 Å². The van der Waals surface area contributed by atoms with Crippen molar-refractivity contribution in [1.82, 2.24) is 0 Å². The predicted octanol–water partition coefficient (Wildman–Crippen LogP) is 0.127. The number of ether oxygens (including phenoxy) is 5. The van der Waals surface area contributed by atoms with E-state index in [-0.39, 0.29) is 29.9 Å². The first-order valence-corrected chi connectivity index (χ1v) is 12.0. The fraction of sp³-hybridized carbons (Fsp3) is 0.538. The molecule has 11 heteroatoms. The molecule has 11 nitrogen and oxygen atoms in total. The quantitative estimate of drug-likeness (QED) is 0.265. The maximum atomic E-state index is 10.4. The molecule has 37 heavy (non-hydrogen) atoms. The minimum Gasteiger partial charge on any atom is -0.504 e. The monoisotopic (exact) mass is 522 g/mol. The van der Waals surface area contributed by atoms with E-state index in [0.717, 1.165) is 11.1 Å². The Kier molecular flexibility index (Phi) is 8.75. The summed E-state index contributed by atoms with van der Waals surface area (Å²) in [5.74, 6) is 0.788. The number of phenolic OH excluding ortho intramolecular Hbond substituents is 1. The normalized spacial score (nSPS) is 31.8. The summed E-state index contributed by atoms with van der Waals surface area (Å²) in [7, 11) is 2.93. The summed E-state index contributed by atoms with van der Waals surface area (Å²) >= 11 is 0. The third kappa shape index (κ3) is 5.63. The highest BCUT2D eigenvalue weighted by molar-refractivity contribution is 5.45. The first-order chi connectivity index (χ1) is 17.8. The molecule has 0 aliphatic carbocycles. The van der Waals surface area contributed by atoms with Crippen LogP contribution in [0, 0.1) is 11.8 Å².